The van der Waals surface area contributed by atoms with Crippen LogP contribution in [0.4, 0.5) is 5.69 Å². The molecule has 2 aromatic carbocycles. The zero-order valence-electron chi connectivity index (χ0n) is 9.29. The summed E-state index contributed by atoms with van der Waals surface area (Å²) in [5.74, 6) is 0.431. The van der Waals surface area contributed by atoms with Crippen molar-refractivity contribution in [1.29, 1.82) is 0 Å². The molecule has 0 aliphatic carbocycles. The summed E-state index contributed by atoms with van der Waals surface area (Å²) in [4.78, 5) is 12.4. The average Bonchev–Trinajstić information content (AvgIpc) is 2.40. The third-order valence-electron chi connectivity index (χ3n) is 2.64. The Morgan fingerprint density at radius 3 is 2.44 bits per heavy atom. The van der Waals surface area contributed by atoms with Gasteiger partial charge in [0.05, 0.1) is 11.3 Å². The largest absolute Gasteiger partial charge is 0.440 e. The molecule has 1 aliphatic heterocycles. The van der Waals surface area contributed by atoms with Crippen LogP contribution in [0.3, 0.4) is 0 Å². The predicted molar refractivity (Wildman–Crippen MR) is 73.1 cm³/mol. The van der Waals surface area contributed by atoms with Gasteiger partial charge in [-0.15, -0.1) is 0 Å². The molecule has 0 aromatic heterocycles. The zero-order valence-corrected chi connectivity index (χ0v) is 10.9. The Bertz CT molecular complexity index is 591. The Hall–Kier alpha value is -1.57. The van der Waals surface area contributed by atoms with E-state index >= 15 is 0 Å². The molecule has 5 heteroatoms. The van der Waals surface area contributed by atoms with Gasteiger partial charge in [0.1, 0.15) is 5.75 Å². The number of fused-ring (bicyclic) bond motifs is 1. The number of para-hydroxylation sites is 2. The lowest BCUT2D eigenvalue weighted by Gasteiger charge is -2.31. The minimum atomic E-state index is -1.50. The zero-order chi connectivity index (χ0) is 12.5. The predicted octanol–water partition coefficient (Wildman–Crippen LogP) is 4.19. The smallest absolute Gasteiger partial charge is 0.304 e. The highest BCUT2D eigenvalue weighted by atomic mass is 35.7. The molecule has 1 atom stereocenters. The molecule has 0 saturated heterocycles. The second kappa shape index (κ2) is 4.60. The van der Waals surface area contributed by atoms with Crippen molar-refractivity contribution in [3.8, 4) is 5.75 Å². The number of nitrogens with zero attached hydrogens (tertiary/aromatic N) is 1. The summed E-state index contributed by atoms with van der Waals surface area (Å²) in [6, 6.07) is 16.4. The van der Waals surface area contributed by atoms with Gasteiger partial charge in [-0.3, -0.25) is 4.79 Å². The minimum Gasteiger partial charge on any atom is -0.440 e. The van der Waals surface area contributed by atoms with Crippen molar-refractivity contribution < 1.29 is 9.32 Å². The highest BCUT2D eigenvalue weighted by Gasteiger charge is 2.34. The lowest BCUT2D eigenvalue weighted by Crippen LogP contribution is -2.29. The lowest BCUT2D eigenvalue weighted by atomic mass is 10.2. The van der Waals surface area contributed by atoms with Crippen LogP contribution in [0.25, 0.3) is 0 Å². The molecule has 2 aromatic rings. The van der Waals surface area contributed by atoms with Crippen molar-refractivity contribution >= 4 is 30.5 Å². The van der Waals surface area contributed by atoms with Gasteiger partial charge in [0, 0.05) is 0 Å². The average molecular weight is 278 g/mol. The van der Waals surface area contributed by atoms with Gasteiger partial charge in [-0.05, 0) is 35.5 Å². The molecule has 1 amide bonds. The molecule has 90 valence electrons. The van der Waals surface area contributed by atoms with Gasteiger partial charge in [0.2, 0.25) is 0 Å². The molecule has 1 heterocycles. The van der Waals surface area contributed by atoms with Crippen molar-refractivity contribution in [3.63, 3.8) is 0 Å². The second-order valence-corrected chi connectivity index (χ2v) is 5.67. The van der Waals surface area contributed by atoms with Crippen LogP contribution >= 0.6 is 18.9 Å². The van der Waals surface area contributed by atoms with Crippen LogP contribution < -0.4 is 9.19 Å². The molecule has 1 aliphatic rings. The number of benzene rings is 2. The highest BCUT2D eigenvalue weighted by Crippen LogP contribution is 2.54. The number of hydrogen-bond acceptors (Lipinski definition) is 2. The number of anilines is 1. The van der Waals surface area contributed by atoms with Crippen LogP contribution in [0.5, 0.6) is 5.75 Å². The summed E-state index contributed by atoms with van der Waals surface area (Å²) >= 11 is 6.19. The SMILES string of the molecule is O=C1c2ccccc2OP(Cl)N1c1ccccc1. The van der Waals surface area contributed by atoms with Crippen molar-refractivity contribution in [1.82, 2.24) is 0 Å². The molecule has 0 spiro atoms. The van der Waals surface area contributed by atoms with Crippen LogP contribution in [0.1, 0.15) is 10.4 Å². The van der Waals surface area contributed by atoms with Gasteiger partial charge in [0.25, 0.3) is 5.91 Å². The third kappa shape index (κ3) is 1.86. The topological polar surface area (TPSA) is 29.5 Å². The summed E-state index contributed by atoms with van der Waals surface area (Å²) < 4.78 is 7.10. The van der Waals surface area contributed by atoms with Crippen LogP contribution in [-0.2, 0) is 0 Å². The molecule has 3 rings (SSSR count). The van der Waals surface area contributed by atoms with Crippen LogP contribution in [0, 0.1) is 0 Å². The number of hydrogen-bond donors (Lipinski definition) is 0. The van der Waals surface area contributed by atoms with Crippen LogP contribution in [-0.4, -0.2) is 5.91 Å². The maximum atomic E-state index is 12.4. The van der Waals surface area contributed by atoms with E-state index in [2.05, 4.69) is 0 Å². The molecule has 0 radical (unpaired) electrons. The Balaban J connectivity index is 2.06. The molecule has 0 bridgehead atoms. The summed E-state index contributed by atoms with van der Waals surface area (Å²) in [7, 11) is -1.50. The summed E-state index contributed by atoms with van der Waals surface area (Å²) in [6.07, 6.45) is 0. The van der Waals surface area contributed by atoms with E-state index in [1.165, 1.54) is 4.67 Å². The molecular formula is C13H9ClNO2P. The van der Waals surface area contributed by atoms with E-state index in [-0.39, 0.29) is 5.91 Å². The van der Waals surface area contributed by atoms with Crippen LogP contribution in [0.15, 0.2) is 54.6 Å². The molecule has 0 saturated carbocycles. The van der Waals surface area contributed by atoms with Crippen molar-refractivity contribution in [2.75, 3.05) is 4.67 Å². The number of rotatable bonds is 1. The van der Waals surface area contributed by atoms with Gasteiger partial charge in [0.15, 0.2) is 0 Å². The maximum absolute atomic E-state index is 12.4. The first-order valence-corrected chi connectivity index (χ1v) is 7.51. The van der Waals surface area contributed by atoms with Gasteiger partial charge >= 0.3 is 7.65 Å². The molecule has 0 fully saturated rings. The second-order valence-electron chi connectivity index (χ2n) is 3.77. The summed E-state index contributed by atoms with van der Waals surface area (Å²) in [5, 5.41) is 0. The normalized spacial score (nSPS) is 18.2. The van der Waals surface area contributed by atoms with Crippen molar-refractivity contribution in [3.05, 3.63) is 60.2 Å². The molecule has 1 unspecified atom stereocenters. The fourth-order valence-corrected chi connectivity index (χ4v) is 3.47. The Morgan fingerprint density at radius 1 is 1.00 bits per heavy atom. The quantitative estimate of drug-likeness (QED) is 0.732. The fraction of sp³-hybridized carbons (Fsp3) is 0. The Morgan fingerprint density at radius 2 is 1.67 bits per heavy atom. The van der Waals surface area contributed by atoms with E-state index in [0.29, 0.717) is 11.3 Å². The Labute approximate surface area is 111 Å². The highest BCUT2D eigenvalue weighted by molar-refractivity contribution is 7.82. The number of carbonyl (C=O) groups excluding carboxylic acids is 1. The first kappa shape index (κ1) is 11.5. The van der Waals surface area contributed by atoms with Crippen LogP contribution in [0.2, 0.25) is 0 Å². The van der Waals surface area contributed by atoms with Gasteiger partial charge in [-0.1, -0.05) is 30.3 Å². The van der Waals surface area contributed by atoms with E-state index in [1.54, 1.807) is 12.1 Å². The number of carbonyl (C=O) groups is 1. The van der Waals surface area contributed by atoms with Gasteiger partial charge < -0.3 is 4.52 Å². The first-order chi connectivity index (χ1) is 8.77. The van der Waals surface area contributed by atoms with E-state index in [4.69, 9.17) is 15.8 Å². The van der Waals surface area contributed by atoms with E-state index in [0.717, 1.165) is 5.69 Å². The Kier molecular flexibility index (Phi) is 2.94. The minimum absolute atomic E-state index is 0.121. The van der Waals surface area contributed by atoms with Crippen molar-refractivity contribution in [2.24, 2.45) is 0 Å². The standard InChI is InChI=1S/C13H9ClNO2P/c14-18-15(10-6-2-1-3-7-10)13(16)11-8-4-5-9-12(11)17-18/h1-9H. The van der Waals surface area contributed by atoms with E-state index < -0.39 is 7.65 Å². The summed E-state index contributed by atoms with van der Waals surface area (Å²) in [5.41, 5.74) is 1.29. The lowest BCUT2D eigenvalue weighted by molar-refractivity contribution is 0.0999. The first-order valence-electron chi connectivity index (χ1n) is 5.40. The monoisotopic (exact) mass is 277 g/mol. The van der Waals surface area contributed by atoms with E-state index in [9.17, 15) is 4.79 Å². The summed E-state index contributed by atoms with van der Waals surface area (Å²) in [6.45, 7) is 0. The molecular weight excluding hydrogens is 269 g/mol. The number of halogens is 1. The fourth-order valence-electron chi connectivity index (χ4n) is 1.81. The molecule has 3 nitrogen and oxygen atoms in total. The van der Waals surface area contributed by atoms with Gasteiger partial charge in [-0.2, -0.15) is 0 Å². The van der Waals surface area contributed by atoms with E-state index in [1.807, 2.05) is 42.5 Å². The van der Waals surface area contributed by atoms with Gasteiger partial charge in [-0.25, -0.2) is 4.67 Å². The maximum Gasteiger partial charge on any atom is 0.304 e. The molecule has 0 N–H and O–H groups in total. The number of amides is 1. The molecule has 18 heavy (non-hydrogen) atoms. The van der Waals surface area contributed by atoms with Crippen molar-refractivity contribution in [2.45, 2.75) is 0 Å². The third-order valence-corrected chi connectivity index (χ3v) is 4.38.